The molecule has 0 unspecified atom stereocenters. The molecule has 1 N–H and O–H groups in total. The molecule has 0 aliphatic carbocycles. The number of ether oxygens (including phenoxy) is 1. The molecule has 1 aromatic carbocycles. The molecule has 1 amide bonds. The molecule has 0 saturated carbocycles. The van der Waals surface area contributed by atoms with E-state index >= 15 is 0 Å². The van der Waals surface area contributed by atoms with Crippen molar-refractivity contribution >= 4 is 23.3 Å². The zero-order valence-electron chi connectivity index (χ0n) is 10.9. The van der Waals surface area contributed by atoms with Crippen LogP contribution in [0.4, 0.5) is 11.4 Å². The topological polar surface area (TPSA) is 109 Å². The lowest BCUT2D eigenvalue weighted by Crippen LogP contribution is -2.14. The second kappa shape index (κ2) is 7.63. The van der Waals surface area contributed by atoms with E-state index in [2.05, 4.69) is 10.5 Å². The van der Waals surface area contributed by atoms with Crippen LogP contribution in [0.3, 0.4) is 0 Å². The average molecular weight is 275 g/mol. The number of carbonyl (C=O) groups is 2. The highest BCUT2D eigenvalue weighted by molar-refractivity contribution is 5.95. The van der Waals surface area contributed by atoms with Crippen molar-refractivity contribution in [2.24, 2.45) is 5.18 Å². The van der Waals surface area contributed by atoms with Gasteiger partial charge >= 0.3 is 5.97 Å². The van der Waals surface area contributed by atoms with Crippen molar-refractivity contribution < 1.29 is 14.3 Å². The van der Waals surface area contributed by atoms with E-state index in [4.69, 9.17) is 10.00 Å². The van der Waals surface area contributed by atoms with Gasteiger partial charge in [-0.1, -0.05) is 0 Å². The first kappa shape index (κ1) is 15.3. The van der Waals surface area contributed by atoms with Crippen LogP contribution in [-0.4, -0.2) is 18.5 Å². The van der Waals surface area contributed by atoms with Gasteiger partial charge in [0.15, 0.2) is 0 Å². The van der Waals surface area contributed by atoms with Crippen molar-refractivity contribution in [1.29, 1.82) is 5.26 Å². The maximum absolute atomic E-state index is 11.6. The van der Waals surface area contributed by atoms with E-state index in [-0.39, 0.29) is 36.4 Å². The van der Waals surface area contributed by atoms with Gasteiger partial charge in [0.25, 0.3) is 0 Å². The second-order valence-corrected chi connectivity index (χ2v) is 3.79. The first-order valence-corrected chi connectivity index (χ1v) is 5.93. The van der Waals surface area contributed by atoms with Crippen LogP contribution in [0.25, 0.3) is 0 Å². The van der Waals surface area contributed by atoms with E-state index in [9.17, 15) is 14.5 Å². The van der Waals surface area contributed by atoms with Gasteiger partial charge in [-0.05, 0) is 30.3 Å². The minimum Gasteiger partial charge on any atom is -0.466 e. The Morgan fingerprint density at radius 1 is 1.40 bits per heavy atom. The molecule has 1 rings (SSSR count). The zero-order chi connectivity index (χ0) is 15.0. The van der Waals surface area contributed by atoms with E-state index < -0.39 is 11.9 Å². The van der Waals surface area contributed by atoms with Crippen LogP contribution in [0.5, 0.6) is 0 Å². The number of hydrogen-bond acceptors (Lipinski definition) is 6. The Balaban J connectivity index is 2.64. The summed E-state index contributed by atoms with van der Waals surface area (Å²) in [6, 6.07) is 6.00. The summed E-state index contributed by atoms with van der Waals surface area (Å²) >= 11 is 0. The highest BCUT2D eigenvalue weighted by Crippen LogP contribution is 2.26. The van der Waals surface area contributed by atoms with Crippen LogP contribution < -0.4 is 5.32 Å². The fourth-order valence-electron chi connectivity index (χ4n) is 1.44. The van der Waals surface area contributed by atoms with Crippen LogP contribution in [0.2, 0.25) is 0 Å². The summed E-state index contributed by atoms with van der Waals surface area (Å²) in [4.78, 5) is 33.4. The Kier molecular flexibility index (Phi) is 5.84. The van der Waals surface area contributed by atoms with E-state index in [0.29, 0.717) is 0 Å². The Hall–Kier alpha value is -2.75. The van der Waals surface area contributed by atoms with Gasteiger partial charge in [-0.15, -0.1) is 4.91 Å². The smallest absolute Gasteiger partial charge is 0.306 e. The normalized spacial score (nSPS) is 9.40. The molecule has 0 aliphatic heterocycles. The molecule has 7 nitrogen and oxygen atoms in total. The third kappa shape index (κ3) is 4.49. The number of hydrogen-bond donors (Lipinski definition) is 1. The number of nitriles is 1. The highest BCUT2D eigenvalue weighted by Gasteiger charge is 2.11. The number of carbonyl (C=O) groups excluding carboxylic acids is 2. The first-order valence-electron chi connectivity index (χ1n) is 5.93. The van der Waals surface area contributed by atoms with Gasteiger partial charge in [0.05, 0.1) is 30.3 Å². The lowest BCUT2D eigenvalue weighted by molar-refractivity contribution is -0.144. The van der Waals surface area contributed by atoms with Crippen molar-refractivity contribution in [3.8, 4) is 6.07 Å². The van der Waals surface area contributed by atoms with Crippen molar-refractivity contribution in [1.82, 2.24) is 0 Å². The molecule has 0 aliphatic rings. The number of nitrogens with one attached hydrogen (secondary N) is 1. The number of benzene rings is 1. The molecule has 7 heteroatoms. The van der Waals surface area contributed by atoms with Gasteiger partial charge in [-0.3, -0.25) is 9.59 Å². The third-order valence-corrected chi connectivity index (χ3v) is 2.36. The van der Waals surface area contributed by atoms with Crippen LogP contribution in [-0.2, 0) is 14.3 Å². The molecule has 20 heavy (non-hydrogen) atoms. The monoisotopic (exact) mass is 275 g/mol. The summed E-state index contributed by atoms with van der Waals surface area (Å²) in [6.07, 6.45) is -0.100. The maximum atomic E-state index is 11.6. The van der Waals surface area contributed by atoms with Gasteiger partial charge in [0, 0.05) is 6.42 Å². The second-order valence-electron chi connectivity index (χ2n) is 3.79. The van der Waals surface area contributed by atoms with Crippen LogP contribution in [0.15, 0.2) is 23.4 Å². The number of nitrogens with zero attached hydrogens (tertiary/aromatic N) is 2. The van der Waals surface area contributed by atoms with Crippen LogP contribution in [0, 0.1) is 16.2 Å². The number of anilines is 1. The molecule has 0 aromatic heterocycles. The van der Waals surface area contributed by atoms with Crippen molar-refractivity contribution in [2.45, 2.75) is 19.8 Å². The summed E-state index contributed by atoms with van der Waals surface area (Å²) in [5.41, 5.74) is 0.436. The Labute approximate surface area is 115 Å². The van der Waals surface area contributed by atoms with Gasteiger partial charge in [-0.2, -0.15) is 5.26 Å². The summed E-state index contributed by atoms with van der Waals surface area (Å²) in [5.74, 6) is -0.899. The minimum absolute atomic E-state index is 0.0338. The molecular formula is C13H13N3O4. The van der Waals surface area contributed by atoms with E-state index in [1.165, 1.54) is 18.2 Å². The molecule has 0 heterocycles. The summed E-state index contributed by atoms with van der Waals surface area (Å²) in [6.45, 7) is 1.94. The Bertz CT molecular complexity index is 563. The lowest BCUT2D eigenvalue weighted by atomic mass is 10.2. The van der Waals surface area contributed by atoms with E-state index in [1.807, 2.05) is 6.07 Å². The molecule has 0 fully saturated rings. The highest BCUT2D eigenvalue weighted by atomic mass is 16.5. The van der Waals surface area contributed by atoms with Crippen LogP contribution >= 0.6 is 0 Å². The molecule has 0 radical (unpaired) electrons. The summed E-state index contributed by atoms with van der Waals surface area (Å²) < 4.78 is 4.69. The predicted octanol–water partition coefficient (Wildman–Crippen LogP) is 2.24. The van der Waals surface area contributed by atoms with Gasteiger partial charge < -0.3 is 10.1 Å². The fraction of sp³-hybridized carbons (Fsp3) is 0.308. The molecular weight excluding hydrogens is 262 g/mol. The summed E-state index contributed by atoms with van der Waals surface area (Å²) in [5, 5.41) is 13.9. The standard InChI is InChI=1S/C13H13N3O4/c1-2-20-13(18)6-5-12(17)15-10-4-3-9(8-14)7-11(10)16-19/h3-4,7H,2,5-6H2,1H3,(H,15,17). The van der Waals surface area contributed by atoms with Gasteiger partial charge in [-0.25, -0.2) is 0 Å². The molecule has 0 bridgehead atoms. The van der Waals surface area contributed by atoms with Gasteiger partial charge in [0.1, 0.15) is 5.69 Å². The molecule has 104 valence electrons. The van der Waals surface area contributed by atoms with E-state index in [0.717, 1.165) is 0 Å². The predicted molar refractivity (Wildman–Crippen MR) is 71.1 cm³/mol. The zero-order valence-corrected chi connectivity index (χ0v) is 10.9. The number of nitroso groups, excluding NO2 is 1. The fourth-order valence-corrected chi connectivity index (χ4v) is 1.44. The van der Waals surface area contributed by atoms with Gasteiger partial charge in [0.2, 0.25) is 5.91 Å². The maximum Gasteiger partial charge on any atom is 0.306 e. The van der Waals surface area contributed by atoms with Crippen LogP contribution in [0.1, 0.15) is 25.3 Å². The number of amides is 1. The molecule has 0 spiro atoms. The van der Waals surface area contributed by atoms with Crippen molar-refractivity contribution in [3.05, 3.63) is 28.7 Å². The van der Waals surface area contributed by atoms with E-state index in [1.54, 1.807) is 6.92 Å². The largest absolute Gasteiger partial charge is 0.466 e. The molecule has 0 atom stereocenters. The third-order valence-electron chi connectivity index (χ3n) is 2.36. The van der Waals surface area contributed by atoms with Crippen molar-refractivity contribution in [3.63, 3.8) is 0 Å². The summed E-state index contributed by atoms with van der Waals surface area (Å²) in [7, 11) is 0. The Morgan fingerprint density at radius 2 is 2.15 bits per heavy atom. The van der Waals surface area contributed by atoms with Crippen molar-refractivity contribution in [2.75, 3.05) is 11.9 Å². The first-order chi connectivity index (χ1) is 9.60. The Morgan fingerprint density at radius 3 is 2.75 bits per heavy atom. The SMILES string of the molecule is CCOC(=O)CCC(=O)Nc1ccc(C#N)cc1N=O. The molecule has 0 saturated heterocycles. The quantitative estimate of drug-likeness (QED) is 0.632. The average Bonchev–Trinajstić information content (AvgIpc) is 2.46. The number of rotatable bonds is 6. The minimum atomic E-state index is -0.462. The lowest BCUT2D eigenvalue weighted by Gasteiger charge is -2.07. The number of esters is 1. The molecule has 1 aromatic rings.